The Kier molecular flexibility index (Phi) is 4.53. The monoisotopic (exact) mass is 414 g/mol. The zero-order valence-electron chi connectivity index (χ0n) is 15.1. The summed E-state index contributed by atoms with van der Waals surface area (Å²) < 4.78 is 6.30. The van der Waals surface area contributed by atoms with Crippen LogP contribution in [0.5, 0.6) is 5.75 Å². The van der Waals surface area contributed by atoms with Gasteiger partial charge in [-0.15, -0.1) is 0 Å². The molecule has 1 fully saturated rings. The molecular weight excluding hydrogens is 392 g/mol. The maximum absolute atomic E-state index is 13.4. The van der Waals surface area contributed by atoms with Crippen LogP contribution in [0.15, 0.2) is 40.9 Å². The first-order valence-electron chi connectivity index (χ1n) is 9.01. The van der Waals surface area contributed by atoms with Crippen LogP contribution in [0.1, 0.15) is 39.9 Å². The second-order valence-electron chi connectivity index (χ2n) is 7.17. The summed E-state index contributed by atoms with van der Waals surface area (Å²) in [5.41, 5.74) is 4.04. The topological polar surface area (TPSA) is 41.6 Å². The van der Waals surface area contributed by atoms with Gasteiger partial charge in [0.1, 0.15) is 5.75 Å². The molecule has 0 unspecified atom stereocenters. The molecule has 4 rings (SSSR count). The molecule has 2 aromatic carbocycles. The molecule has 0 aromatic heterocycles. The van der Waals surface area contributed by atoms with Gasteiger partial charge in [-0.1, -0.05) is 28.1 Å². The summed E-state index contributed by atoms with van der Waals surface area (Å²) in [5, 5.41) is 3.44. The van der Waals surface area contributed by atoms with Crippen molar-refractivity contribution in [2.45, 2.75) is 31.8 Å². The fraction of sp³-hybridized carbons (Fsp3) is 0.381. The highest BCUT2D eigenvalue weighted by Gasteiger charge is 2.50. The summed E-state index contributed by atoms with van der Waals surface area (Å²) >= 11 is 3.63. The number of carbonyl (C=O) groups excluding carboxylic acids is 1. The third-order valence-electron chi connectivity index (χ3n) is 5.71. The molecule has 1 amide bonds. The predicted octanol–water partition coefficient (Wildman–Crippen LogP) is 4.00. The summed E-state index contributed by atoms with van der Waals surface area (Å²) in [6, 6.07) is 12.2. The summed E-state index contributed by atoms with van der Waals surface area (Å²) in [4.78, 5) is 15.5. The number of carbonyl (C=O) groups is 1. The molecule has 2 aromatic rings. The van der Waals surface area contributed by atoms with Crippen molar-refractivity contribution in [2.24, 2.45) is 0 Å². The minimum Gasteiger partial charge on any atom is -0.497 e. The molecule has 1 N–H and O–H groups in total. The van der Waals surface area contributed by atoms with Crippen LogP contribution < -0.4 is 10.1 Å². The average molecular weight is 415 g/mol. The van der Waals surface area contributed by atoms with E-state index in [1.807, 2.05) is 37.3 Å². The van der Waals surface area contributed by atoms with Gasteiger partial charge in [-0.05, 0) is 73.8 Å². The van der Waals surface area contributed by atoms with E-state index in [0.29, 0.717) is 6.54 Å². The Hall–Kier alpha value is -1.85. The lowest BCUT2D eigenvalue weighted by Gasteiger charge is -2.42. The highest BCUT2D eigenvalue weighted by atomic mass is 79.9. The van der Waals surface area contributed by atoms with Crippen LogP contribution in [0.3, 0.4) is 0 Å². The van der Waals surface area contributed by atoms with Crippen molar-refractivity contribution in [1.82, 2.24) is 10.2 Å². The number of fused-ring (bicyclic) bond motifs is 2. The SMILES string of the molecule is COc1ccc(CN2C(=O)c3c(C)cc(Br)cc3C23CCNCC3)cc1. The average Bonchev–Trinajstić information content (AvgIpc) is 2.86. The lowest BCUT2D eigenvalue weighted by molar-refractivity contribution is 0.0412. The van der Waals surface area contributed by atoms with E-state index in [9.17, 15) is 4.79 Å². The first kappa shape index (κ1) is 17.6. The number of aryl methyl sites for hydroxylation is 1. The van der Waals surface area contributed by atoms with Gasteiger partial charge in [-0.2, -0.15) is 0 Å². The summed E-state index contributed by atoms with van der Waals surface area (Å²) in [6.07, 6.45) is 1.88. The van der Waals surface area contributed by atoms with E-state index in [2.05, 4.69) is 32.2 Å². The van der Waals surface area contributed by atoms with Crippen LogP contribution in [0.25, 0.3) is 0 Å². The molecule has 4 nitrogen and oxygen atoms in total. The van der Waals surface area contributed by atoms with E-state index in [-0.39, 0.29) is 11.4 Å². The van der Waals surface area contributed by atoms with Gasteiger partial charge >= 0.3 is 0 Å². The fourth-order valence-corrected chi connectivity index (χ4v) is 4.96. The summed E-state index contributed by atoms with van der Waals surface area (Å²) in [5.74, 6) is 0.990. The van der Waals surface area contributed by atoms with Crippen LogP contribution in [0, 0.1) is 6.92 Å². The van der Waals surface area contributed by atoms with Crippen LogP contribution in [-0.2, 0) is 12.1 Å². The molecule has 136 valence electrons. The van der Waals surface area contributed by atoms with Crippen LogP contribution in [0.2, 0.25) is 0 Å². The van der Waals surface area contributed by atoms with Crippen LogP contribution in [-0.4, -0.2) is 31.0 Å². The number of nitrogens with one attached hydrogen (secondary N) is 1. The Balaban J connectivity index is 1.77. The molecule has 0 atom stereocenters. The highest BCUT2D eigenvalue weighted by molar-refractivity contribution is 9.10. The van der Waals surface area contributed by atoms with Crippen molar-refractivity contribution < 1.29 is 9.53 Å². The molecule has 2 aliphatic rings. The molecule has 1 saturated heterocycles. The van der Waals surface area contributed by atoms with E-state index >= 15 is 0 Å². The number of piperidine rings is 1. The molecule has 1 spiro atoms. The van der Waals surface area contributed by atoms with E-state index in [1.165, 1.54) is 5.56 Å². The molecule has 0 aliphatic carbocycles. The van der Waals surface area contributed by atoms with E-state index in [4.69, 9.17) is 4.74 Å². The van der Waals surface area contributed by atoms with Gasteiger partial charge in [0.2, 0.25) is 0 Å². The Labute approximate surface area is 162 Å². The highest BCUT2D eigenvalue weighted by Crippen LogP contribution is 2.47. The van der Waals surface area contributed by atoms with Gasteiger partial charge in [0.15, 0.2) is 0 Å². The third-order valence-corrected chi connectivity index (χ3v) is 6.17. The van der Waals surface area contributed by atoms with Crippen molar-refractivity contribution in [3.8, 4) is 5.75 Å². The molecule has 26 heavy (non-hydrogen) atoms. The first-order chi connectivity index (χ1) is 12.5. The minimum atomic E-state index is -0.216. The number of benzene rings is 2. The number of hydrogen-bond acceptors (Lipinski definition) is 3. The normalized spacial score (nSPS) is 18.3. The number of hydrogen-bond donors (Lipinski definition) is 1. The van der Waals surface area contributed by atoms with Gasteiger partial charge < -0.3 is 15.0 Å². The largest absolute Gasteiger partial charge is 0.497 e. The van der Waals surface area contributed by atoms with Crippen molar-refractivity contribution >= 4 is 21.8 Å². The smallest absolute Gasteiger partial charge is 0.255 e. The fourth-order valence-electron chi connectivity index (χ4n) is 4.39. The molecule has 0 saturated carbocycles. The number of methoxy groups -OCH3 is 1. The van der Waals surface area contributed by atoms with Crippen molar-refractivity contribution in [3.63, 3.8) is 0 Å². The maximum atomic E-state index is 13.4. The second kappa shape index (κ2) is 6.71. The number of ether oxygens (including phenoxy) is 1. The van der Waals surface area contributed by atoms with Gasteiger partial charge in [0.05, 0.1) is 12.6 Å². The van der Waals surface area contributed by atoms with Gasteiger partial charge in [-0.3, -0.25) is 4.79 Å². The molecule has 0 bridgehead atoms. The van der Waals surface area contributed by atoms with E-state index in [0.717, 1.165) is 52.8 Å². The van der Waals surface area contributed by atoms with E-state index < -0.39 is 0 Å². The van der Waals surface area contributed by atoms with Crippen molar-refractivity contribution in [1.29, 1.82) is 0 Å². The Morgan fingerprint density at radius 3 is 2.54 bits per heavy atom. The Morgan fingerprint density at radius 1 is 1.19 bits per heavy atom. The zero-order chi connectivity index (χ0) is 18.3. The Morgan fingerprint density at radius 2 is 1.88 bits per heavy atom. The van der Waals surface area contributed by atoms with Gasteiger partial charge in [0.25, 0.3) is 5.91 Å². The number of amides is 1. The number of nitrogens with zero attached hydrogens (tertiary/aromatic N) is 1. The molecule has 0 radical (unpaired) electrons. The van der Waals surface area contributed by atoms with Gasteiger partial charge in [-0.25, -0.2) is 0 Å². The lowest BCUT2D eigenvalue weighted by atomic mass is 9.80. The number of rotatable bonds is 3. The summed E-state index contributed by atoms with van der Waals surface area (Å²) in [7, 11) is 1.67. The Bertz CT molecular complexity index is 842. The van der Waals surface area contributed by atoms with Crippen LogP contribution in [0.4, 0.5) is 0 Å². The van der Waals surface area contributed by atoms with Crippen LogP contribution >= 0.6 is 15.9 Å². The standard InChI is InChI=1S/C21H23BrN2O2/c1-14-11-16(22)12-18-19(14)20(25)24(21(18)7-9-23-10-8-21)13-15-3-5-17(26-2)6-4-15/h3-6,11-12,23H,7-10,13H2,1-2H3. The molecular formula is C21H23BrN2O2. The maximum Gasteiger partial charge on any atom is 0.255 e. The first-order valence-corrected chi connectivity index (χ1v) is 9.81. The van der Waals surface area contributed by atoms with Crippen molar-refractivity contribution in [2.75, 3.05) is 20.2 Å². The minimum absolute atomic E-state index is 0.155. The second-order valence-corrected chi connectivity index (χ2v) is 8.08. The molecule has 2 heterocycles. The predicted molar refractivity (Wildman–Crippen MR) is 106 cm³/mol. The van der Waals surface area contributed by atoms with Gasteiger partial charge in [0, 0.05) is 16.6 Å². The zero-order valence-corrected chi connectivity index (χ0v) is 16.7. The van der Waals surface area contributed by atoms with E-state index in [1.54, 1.807) is 7.11 Å². The molecule has 2 aliphatic heterocycles. The summed E-state index contributed by atoms with van der Waals surface area (Å²) in [6.45, 7) is 4.51. The number of halogens is 1. The quantitative estimate of drug-likeness (QED) is 0.824. The lowest BCUT2D eigenvalue weighted by Crippen LogP contribution is -2.49. The third kappa shape index (κ3) is 2.74. The van der Waals surface area contributed by atoms with Crippen molar-refractivity contribution in [3.05, 3.63) is 63.1 Å². The molecule has 5 heteroatoms.